The van der Waals surface area contributed by atoms with Gasteiger partial charge in [-0.15, -0.1) is 0 Å². The van der Waals surface area contributed by atoms with E-state index >= 15 is 0 Å². The summed E-state index contributed by atoms with van der Waals surface area (Å²) in [6.07, 6.45) is 2.31. The fourth-order valence-corrected chi connectivity index (χ4v) is 5.93. The van der Waals surface area contributed by atoms with Crippen molar-refractivity contribution in [3.05, 3.63) is 54.4 Å². The monoisotopic (exact) mass is 556 g/mol. The van der Waals surface area contributed by atoms with Crippen LogP contribution < -0.4 is 15.4 Å². The molecule has 12 heteroatoms. The molecule has 11 nitrogen and oxygen atoms in total. The van der Waals surface area contributed by atoms with Gasteiger partial charge in [-0.05, 0) is 49.4 Å². The molecule has 208 valence electrons. The molecule has 2 aromatic heterocycles. The summed E-state index contributed by atoms with van der Waals surface area (Å²) in [6, 6.07) is 9.73. The van der Waals surface area contributed by atoms with E-state index in [2.05, 4.69) is 15.6 Å². The minimum Gasteiger partial charge on any atom is -0.492 e. The van der Waals surface area contributed by atoms with E-state index in [1.807, 2.05) is 13.8 Å². The first-order chi connectivity index (χ1) is 18.6. The Morgan fingerprint density at radius 3 is 2.62 bits per heavy atom. The van der Waals surface area contributed by atoms with E-state index in [4.69, 9.17) is 9.15 Å². The second-order valence-electron chi connectivity index (χ2n) is 9.79. The number of pyridine rings is 1. The zero-order chi connectivity index (χ0) is 28.2. The molecule has 1 unspecified atom stereocenters. The summed E-state index contributed by atoms with van der Waals surface area (Å²) in [6.45, 7) is 3.55. The molecule has 0 bridgehead atoms. The van der Waals surface area contributed by atoms with Gasteiger partial charge in [0.05, 0.1) is 25.1 Å². The van der Waals surface area contributed by atoms with Crippen LogP contribution in [0, 0.1) is 5.92 Å². The molecule has 2 atom stereocenters. The molecule has 2 N–H and O–H groups in total. The fourth-order valence-electron chi connectivity index (χ4n) is 4.56. The summed E-state index contributed by atoms with van der Waals surface area (Å²) in [5, 5.41) is 5.95. The Labute approximate surface area is 227 Å². The molecule has 1 fully saturated rings. The van der Waals surface area contributed by atoms with Gasteiger partial charge in [0.25, 0.3) is 15.9 Å². The van der Waals surface area contributed by atoms with Crippen molar-refractivity contribution in [2.45, 2.75) is 50.2 Å². The third kappa shape index (κ3) is 6.28. The van der Waals surface area contributed by atoms with Gasteiger partial charge in [-0.2, -0.15) is 4.31 Å². The van der Waals surface area contributed by atoms with E-state index in [0.717, 1.165) is 4.31 Å². The zero-order valence-corrected chi connectivity index (χ0v) is 22.9. The number of aromatic nitrogens is 1. The molecule has 1 aliphatic heterocycles. The molecule has 1 saturated heterocycles. The van der Waals surface area contributed by atoms with Crippen molar-refractivity contribution in [1.82, 2.24) is 19.9 Å². The smallest absolute Gasteiger partial charge is 0.291 e. The van der Waals surface area contributed by atoms with Crippen LogP contribution in [0.4, 0.5) is 0 Å². The third-order valence-electron chi connectivity index (χ3n) is 6.47. The number of amides is 2. The zero-order valence-electron chi connectivity index (χ0n) is 22.0. The summed E-state index contributed by atoms with van der Waals surface area (Å²) in [7, 11) is -2.53. The van der Waals surface area contributed by atoms with Gasteiger partial charge >= 0.3 is 0 Å². The van der Waals surface area contributed by atoms with Crippen LogP contribution in [0.5, 0.6) is 5.75 Å². The highest BCUT2D eigenvalue weighted by atomic mass is 32.2. The number of sulfonamides is 1. The molecule has 2 amide bonds. The number of hydrogen-bond donors (Lipinski definition) is 2. The van der Waals surface area contributed by atoms with Crippen LogP contribution in [-0.4, -0.2) is 67.6 Å². The number of carbonyl (C=O) groups excluding carboxylic acids is 3. The Kier molecular flexibility index (Phi) is 8.66. The van der Waals surface area contributed by atoms with Gasteiger partial charge < -0.3 is 19.8 Å². The Balaban J connectivity index is 1.47. The first kappa shape index (κ1) is 28.2. The quantitative estimate of drug-likeness (QED) is 0.409. The summed E-state index contributed by atoms with van der Waals surface area (Å²) >= 11 is 0. The molecular weight excluding hydrogens is 524 g/mol. The second-order valence-corrected chi connectivity index (χ2v) is 11.7. The minimum atomic E-state index is -3.96. The van der Waals surface area contributed by atoms with E-state index in [9.17, 15) is 22.8 Å². The standard InChI is InChI=1S/C27H32N4O7S/c1-17(2)15-20(30-27(34)25-24(37-3)18-9-4-5-11-22(18)38-25)26(33)29-19-10-8-14-31(16-21(19)32)39(35,36)23-12-6-7-13-28-23/h4-7,9,11-13,17,19-20H,8,10,14-16H2,1-3H3,(H,29,33)(H,30,34)/t19?,20-/m0/s1. The Bertz CT molecular complexity index is 1450. The maximum absolute atomic E-state index is 13.3. The van der Waals surface area contributed by atoms with E-state index < -0.39 is 39.7 Å². The number of hydrogen-bond acceptors (Lipinski definition) is 8. The molecule has 1 aromatic carbocycles. The van der Waals surface area contributed by atoms with Crippen LogP contribution in [0.1, 0.15) is 43.7 Å². The largest absolute Gasteiger partial charge is 0.492 e. The number of methoxy groups -OCH3 is 1. The number of furan rings is 1. The van der Waals surface area contributed by atoms with Crippen molar-refractivity contribution < 1.29 is 32.0 Å². The van der Waals surface area contributed by atoms with Crippen molar-refractivity contribution in [2.75, 3.05) is 20.2 Å². The Morgan fingerprint density at radius 1 is 1.18 bits per heavy atom. The van der Waals surface area contributed by atoms with Gasteiger partial charge in [0, 0.05) is 12.7 Å². The van der Waals surface area contributed by atoms with Gasteiger partial charge in [-0.1, -0.05) is 32.0 Å². The highest BCUT2D eigenvalue weighted by Crippen LogP contribution is 2.32. The van der Waals surface area contributed by atoms with E-state index in [-0.39, 0.29) is 42.0 Å². The Hall–Kier alpha value is -3.77. The molecule has 1 aliphatic rings. The maximum atomic E-state index is 13.3. The second kappa shape index (κ2) is 12.0. The van der Waals surface area contributed by atoms with E-state index in [0.29, 0.717) is 23.8 Å². The molecule has 3 aromatic rings. The lowest BCUT2D eigenvalue weighted by Crippen LogP contribution is -2.52. The molecule has 0 aliphatic carbocycles. The number of fused-ring (bicyclic) bond motifs is 1. The number of nitrogens with zero attached hydrogens (tertiary/aromatic N) is 2. The van der Waals surface area contributed by atoms with Gasteiger partial charge in [-0.3, -0.25) is 14.4 Å². The molecule has 0 saturated carbocycles. The molecular formula is C27H32N4O7S. The average Bonchev–Trinajstić information content (AvgIpc) is 3.20. The summed E-state index contributed by atoms with van der Waals surface area (Å²) < 4.78 is 38.2. The van der Waals surface area contributed by atoms with Gasteiger partial charge in [-0.25, -0.2) is 13.4 Å². The van der Waals surface area contributed by atoms with Crippen LogP contribution in [0.25, 0.3) is 11.0 Å². The van der Waals surface area contributed by atoms with Gasteiger partial charge in [0.15, 0.2) is 16.6 Å². The maximum Gasteiger partial charge on any atom is 0.291 e. The predicted octanol–water partition coefficient (Wildman–Crippen LogP) is 2.52. The summed E-state index contributed by atoms with van der Waals surface area (Å²) in [5.41, 5.74) is 0.471. The number of benzene rings is 1. The number of para-hydroxylation sites is 1. The average molecular weight is 557 g/mol. The van der Waals surface area contributed by atoms with Gasteiger partial charge in [0.1, 0.15) is 11.6 Å². The molecule has 0 spiro atoms. The van der Waals surface area contributed by atoms with Crippen LogP contribution in [0.15, 0.2) is 58.1 Å². The Morgan fingerprint density at radius 2 is 1.92 bits per heavy atom. The number of rotatable bonds is 9. The first-order valence-corrected chi connectivity index (χ1v) is 14.2. The highest BCUT2D eigenvalue weighted by molar-refractivity contribution is 7.89. The minimum absolute atomic E-state index is 0.0439. The van der Waals surface area contributed by atoms with Crippen LogP contribution >= 0.6 is 0 Å². The van der Waals surface area contributed by atoms with Gasteiger partial charge in [0.2, 0.25) is 11.7 Å². The molecule has 39 heavy (non-hydrogen) atoms. The molecule has 4 rings (SSSR count). The number of Topliss-reactive ketones (excluding diaryl/α,β-unsaturated/α-hetero) is 1. The number of ketones is 1. The van der Waals surface area contributed by atoms with Crippen molar-refractivity contribution in [2.24, 2.45) is 5.92 Å². The van der Waals surface area contributed by atoms with Crippen molar-refractivity contribution in [3.8, 4) is 5.75 Å². The topological polar surface area (TPSA) is 148 Å². The van der Waals surface area contributed by atoms with Crippen LogP contribution in [0.2, 0.25) is 0 Å². The van der Waals surface area contributed by atoms with Crippen LogP contribution in [0.3, 0.4) is 0 Å². The first-order valence-electron chi connectivity index (χ1n) is 12.7. The predicted molar refractivity (Wildman–Crippen MR) is 143 cm³/mol. The highest BCUT2D eigenvalue weighted by Gasteiger charge is 2.35. The molecule has 3 heterocycles. The summed E-state index contributed by atoms with van der Waals surface area (Å²) in [5.74, 6) is -1.34. The lowest BCUT2D eigenvalue weighted by Gasteiger charge is -2.23. The van der Waals surface area contributed by atoms with Crippen molar-refractivity contribution in [1.29, 1.82) is 0 Å². The van der Waals surface area contributed by atoms with E-state index in [1.165, 1.54) is 19.4 Å². The third-order valence-corrected chi connectivity index (χ3v) is 8.23. The lowest BCUT2D eigenvalue weighted by molar-refractivity contribution is -0.129. The molecule has 0 radical (unpaired) electrons. The van der Waals surface area contributed by atoms with Crippen molar-refractivity contribution >= 4 is 38.6 Å². The fraction of sp³-hybridized carbons (Fsp3) is 0.407. The number of nitrogens with one attached hydrogen (secondary N) is 2. The summed E-state index contributed by atoms with van der Waals surface area (Å²) in [4.78, 5) is 43.5. The SMILES string of the molecule is COc1c(C(=O)N[C@@H](CC(C)C)C(=O)NC2CCCN(S(=O)(=O)c3ccccn3)CC2=O)oc2ccccc12. The number of carbonyl (C=O) groups is 3. The normalized spacial score (nSPS) is 17.5. The van der Waals surface area contributed by atoms with Crippen LogP contribution in [-0.2, 0) is 19.6 Å². The van der Waals surface area contributed by atoms with E-state index in [1.54, 1.807) is 36.4 Å². The lowest BCUT2D eigenvalue weighted by atomic mass is 10.0. The van der Waals surface area contributed by atoms with Crippen molar-refractivity contribution in [3.63, 3.8) is 0 Å². The number of ether oxygens (including phenoxy) is 1.